The number of imidazole rings is 1. The molecule has 7 nitrogen and oxygen atoms in total. The van der Waals surface area contributed by atoms with E-state index in [1.807, 2.05) is 4.57 Å². The molecule has 0 bridgehead atoms. The molecule has 0 fully saturated rings. The summed E-state index contributed by atoms with van der Waals surface area (Å²) in [6.07, 6.45) is 5.39. The molecule has 2 aromatic heterocycles. The van der Waals surface area contributed by atoms with Crippen molar-refractivity contribution < 1.29 is 0 Å². The van der Waals surface area contributed by atoms with E-state index >= 15 is 0 Å². The van der Waals surface area contributed by atoms with Gasteiger partial charge in [0.1, 0.15) is 0 Å². The summed E-state index contributed by atoms with van der Waals surface area (Å²) in [6.45, 7) is 5.56. The molecule has 146 valence electrons. The molecule has 0 spiro atoms. The minimum absolute atomic E-state index is 0.171. The van der Waals surface area contributed by atoms with Crippen LogP contribution in [-0.2, 0) is 19.6 Å². The van der Waals surface area contributed by atoms with E-state index in [2.05, 4.69) is 24.9 Å². The Morgan fingerprint density at radius 1 is 1.00 bits per heavy atom. The minimum atomic E-state index is -0.337. The molecular weight excluding hydrogens is 354 g/mol. The Morgan fingerprint density at radius 3 is 2.32 bits per heavy atom. The third-order valence-electron chi connectivity index (χ3n) is 4.90. The van der Waals surface area contributed by atoms with Crippen LogP contribution in [0.2, 0.25) is 0 Å². The van der Waals surface area contributed by atoms with E-state index in [1.165, 1.54) is 4.57 Å². The molecule has 0 saturated carbocycles. The van der Waals surface area contributed by atoms with Crippen LogP contribution in [0.1, 0.15) is 50.7 Å². The topological polar surface area (TPSA) is 85.6 Å². The summed E-state index contributed by atoms with van der Waals surface area (Å²) >= 11 is 0. The zero-order valence-corrected chi connectivity index (χ0v) is 16.4. The van der Waals surface area contributed by atoms with Gasteiger partial charge in [0.15, 0.2) is 11.2 Å². The van der Waals surface area contributed by atoms with Gasteiger partial charge in [0, 0.05) is 13.1 Å². The molecule has 28 heavy (non-hydrogen) atoms. The molecule has 0 amide bonds. The Hall–Kier alpha value is -3.14. The molecule has 2 heterocycles. The van der Waals surface area contributed by atoms with Crippen molar-refractivity contribution in [3.05, 3.63) is 62.6 Å². The summed E-state index contributed by atoms with van der Waals surface area (Å²) < 4.78 is 4.76. The number of nitriles is 1. The van der Waals surface area contributed by atoms with Crippen molar-refractivity contribution in [2.24, 2.45) is 0 Å². The highest BCUT2D eigenvalue weighted by atomic mass is 16.2. The van der Waals surface area contributed by atoms with Gasteiger partial charge in [-0.1, -0.05) is 38.8 Å². The largest absolute Gasteiger partial charge is 0.333 e. The maximum Gasteiger partial charge on any atom is 0.333 e. The average molecular weight is 379 g/mol. The third-order valence-corrected chi connectivity index (χ3v) is 4.90. The van der Waals surface area contributed by atoms with Crippen LogP contribution >= 0.6 is 0 Å². The fourth-order valence-electron chi connectivity index (χ4n) is 3.26. The number of hydrogen-bond acceptors (Lipinski definition) is 4. The summed E-state index contributed by atoms with van der Waals surface area (Å²) in [5.74, 6) is 0. The third kappa shape index (κ3) is 3.77. The summed E-state index contributed by atoms with van der Waals surface area (Å²) in [5.41, 5.74) is 1.65. The van der Waals surface area contributed by atoms with Crippen LogP contribution in [0.15, 0.2) is 40.2 Å². The molecule has 0 aliphatic heterocycles. The Kier molecular flexibility index (Phi) is 6.09. The van der Waals surface area contributed by atoms with Crippen molar-refractivity contribution in [3.63, 3.8) is 0 Å². The number of aromatic nitrogens is 4. The van der Waals surface area contributed by atoms with Crippen molar-refractivity contribution in [1.82, 2.24) is 18.7 Å². The van der Waals surface area contributed by atoms with Crippen molar-refractivity contribution in [2.45, 2.75) is 59.2 Å². The lowest BCUT2D eigenvalue weighted by atomic mass is 10.1. The van der Waals surface area contributed by atoms with Crippen molar-refractivity contribution in [2.75, 3.05) is 0 Å². The average Bonchev–Trinajstić information content (AvgIpc) is 3.14. The summed E-state index contributed by atoms with van der Waals surface area (Å²) in [4.78, 5) is 30.7. The Bertz CT molecular complexity index is 1110. The number of unbranched alkanes of at least 4 members (excludes halogenated alkanes) is 2. The molecule has 0 atom stereocenters. The van der Waals surface area contributed by atoms with Crippen LogP contribution < -0.4 is 11.2 Å². The van der Waals surface area contributed by atoms with E-state index in [0.717, 1.165) is 31.2 Å². The quantitative estimate of drug-likeness (QED) is 0.602. The van der Waals surface area contributed by atoms with Gasteiger partial charge >= 0.3 is 5.69 Å². The molecule has 0 aliphatic carbocycles. The Morgan fingerprint density at radius 2 is 1.68 bits per heavy atom. The Labute approximate surface area is 163 Å². The van der Waals surface area contributed by atoms with E-state index in [0.29, 0.717) is 29.8 Å². The summed E-state index contributed by atoms with van der Waals surface area (Å²) in [7, 11) is 0. The van der Waals surface area contributed by atoms with Gasteiger partial charge < -0.3 is 4.57 Å². The predicted molar refractivity (Wildman–Crippen MR) is 108 cm³/mol. The van der Waals surface area contributed by atoms with Crippen LogP contribution in [0.3, 0.4) is 0 Å². The fraction of sp³-hybridized carbons (Fsp3) is 0.429. The number of rotatable bonds is 8. The second-order valence-corrected chi connectivity index (χ2v) is 6.95. The lowest BCUT2D eigenvalue weighted by Gasteiger charge is -2.12. The molecule has 0 N–H and O–H groups in total. The SMILES string of the molecule is CCCCn1cnc2c1c(=O)n(Cc1ccc(C#N)cc1)c(=O)n2CCCC. The van der Waals surface area contributed by atoms with E-state index in [4.69, 9.17) is 5.26 Å². The number of hydrogen-bond donors (Lipinski definition) is 0. The van der Waals surface area contributed by atoms with Gasteiger partial charge in [0.05, 0.1) is 24.5 Å². The van der Waals surface area contributed by atoms with Crippen molar-refractivity contribution in [3.8, 4) is 6.07 Å². The highest BCUT2D eigenvalue weighted by Gasteiger charge is 2.18. The molecule has 3 aromatic rings. The zero-order valence-electron chi connectivity index (χ0n) is 16.4. The summed E-state index contributed by atoms with van der Waals surface area (Å²) in [5, 5.41) is 8.95. The van der Waals surface area contributed by atoms with Crippen LogP contribution in [0.4, 0.5) is 0 Å². The number of benzene rings is 1. The molecular formula is C21H25N5O2. The van der Waals surface area contributed by atoms with Gasteiger partial charge in [-0.25, -0.2) is 9.78 Å². The first-order valence-corrected chi connectivity index (χ1v) is 9.78. The molecule has 7 heteroatoms. The molecule has 3 rings (SSSR count). The van der Waals surface area contributed by atoms with E-state index < -0.39 is 0 Å². The van der Waals surface area contributed by atoms with Crippen molar-refractivity contribution >= 4 is 11.2 Å². The first-order chi connectivity index (χ1) is 13.6. The lowest BCUT2D eigenvalue weighted by Crippen LogP contribution is -2.41. The maximum atomic E-state index is 13.2. The van der Waals surface area contributed by atoms with E-state index in [9.17, 15) is 9.59 Å². The van der Waals surface area contributed by atoms with E-state index in [-0.39, 0.29) is 17.8 Å². The van der Waals surface area contributed by atoms with Crippen LogP contribution in [0.25, 0.3) is 11.2 Å². The predicted octanol–water partition coefficient (Wildman–Crippen LogP) is 2.88. The highest BCUT2D eigenvalue weighted by molar-refractivity contribution is 5.70. The normalized spacial score (nSPS) is 11.0. The summed E-state index contributed by atoms with van der Waals surface area (Å²) in [6, 6.07) is 9.02. The first-order valence-electron chi connectivity index (χ1n) is 9.78. The molecule has 0 radical (unpaired) electrons. The monoisotopic (exact) mass is 379 g/mol. The molecule has 0 unspecified atom stereocenters. The van der Waals surface area contributed by atoms with Gasteiger partial charge in [-0.2, -0.15) is 5.26 Å². The van der Waals surface area contributed by atoms with E-state index in [1.54, 1.807) is 35.2 Å². The van der Waals surface area contributed by atoms with Crippen molar-refractivity contribution in [1.29, 1.82) is 5.26 Å². The van der Waals surface area contributed by atoms with Crippen LogP contribution in [0, 0.1) is 11.3 Å². The van der Waals surface area contributed by atoms with Crippen LogP contribution in [0.5, 0.6) is 0 Å². The smallest absolute Gasteiger partial charge is 0.325 e. The van der Waals surface area contributed by atoms with Gasteiger partial charge in [-0.15, -0.1) is 0 Å². The number of aryl methyl sites for hydroxylation is 2. The standard InChI is InChI=1S/C21H25N5O2/c1-3-5-11-24-15-23-19-18(24)20(27)26(21(28)25(19)12-6-4-2)14-17-9-7-16(13-22)8-10-17/h7-10,15H,3-6,11-12,14H2,1-2H3. The number of fused-ring (bicyclic) bond motifs is 1. The maximum absolute atomic E-state index is 13.2. The highest BCUT2D eigenvalue weighted by Crippen LogP contribution is 2.11. The fourth-order valence-corrected chi connectivity index (χ4v) is 3.26. The van der Waals surface area contributed by atoms with Gasteiger partial charge in [-0.3, -0.25) is 13.9 Å². The first kappa shape index (κ1) is 19.6. The lowest BCUT2D eigenvalue weighted by molar-refractivity contribution is 0.566. The van der Waals surface area contributed by atoms with Gasteiger partial charge in [0.2, 0.25) is 0 Å². The Balaban J connectivity index is 2.15. The molecule has 0 aliphatic rings. The van der Waals surface area contributed by atoms with Crippen LogP contribution in [-0.4, -0.2) is 18.7 Å². The number of nitrogens with zero attached hydrogens (tertiary/aromatic N) is 5. The second kappa shape index (κ2) is 8.70. The zero-order chi connectivity index (χ0) is 20.1. The molecule has 1 aromatic carbocycles. The molecule has 0 saturated heterocycles. The van der Waals surface area contributed by atoms with Gasteiger partial charge in [0.25, 0.3) is 5.56 Å². The van der Waals surface area contributed by atoms with Gasteiger partial charge in [-0.05, 0) is 30.5 Å². The second-order valence-electron chi connectivity index (χ2n) is 6.95. The minimum Gasteiger partial charge on any atom is -0.325 e.